The first-order valence-corrected chi connectivity index (χ1v) is 11.8. The van der Waals surface area contributed by atoms with E-state index in [0.29, 0.717) is 13.1 Å². The van der Waals surface area contributed by atoms with Gasteiger partial charge < -0.3 is 19.7 Å². The van der Waals surface area contributed by atoms with Crippen LogP contribution < -0.4 is 14.8 Å². The fourth-order valence-electron chi connectivity index (χ4n) is 4.74. The highest BCUT2D eigenvalue weighted by atomic mass is 16.5. The minimum Gasteiger partial charge on any atom is -0.497 e. The average molecular weight is 485 g/mol. The van der Waals surface area contributed by atoms with Crippen LogP contribution in [-0.2, 0) is 20.1 Å². The number of anilines is 1. The van der Waals surface area contributed by atoms with Crippen molar-refractivity contribution in [2.75, 3.05) is 19.5 Å². The summed E-state index contributed by atoms with van der Waals surface area (Å²) in [5, 5.41) is 8.80. The molecule has 0 saturated heterocycles. The zero-order valence-electron chi connectivity index (χ0n) is 21.0. The number of hydrogen-bond acceptors (Lipinski definition) is 4. The van der Waals surface area contributed by atoms with Crippen LogP contribution in [0.1, 0.15) is 29.7 Å². The molecule has 8 nitrogen and oxygen atoms in total. The lowest BCUT2D eigenvalue weighted by Gasteiger charge is -2.34. The Morgan fingerprint density at radius 2 is 1.89 bits per heavy atom. The lowest BCUT2D eigenvalue weighted by atomic mass is 10.0. The van der Waals surface area contributed by atoms with Crippen LogP contribution in [-0.4, -0.2) is 46.2 Å². The molecular weight excluding hydrogens is 454 g/mol. The Hall–Kier alpha value is -4.33. The third kappa shape index (κ3) is 4.15. The van der Waals surface area contributed by atoms with E-state index in [1.54, 1.807) is 14.2 Å². The number of methoxy groups -OCH3 is 2. The van der Waals surface area contributed by atoms with Gasteiger partial charge in [-0.1, -0.05) is 30.3 Å². The van der Waals surface area contributed by atoms with Crippen molar-refractivity contribution in [3.8, 4) is 11.5 Å². The molecule has 3 aromatic carbocycles. The van der Waals surface area contributed by atoms with Gasteiger partial charge in [0.1, 0.15) is 18.0 Å². The monoisotopic (exact) mass is 484 g/mol. The van der Waals surface area contributed by atoms with Crippen molar-refractivity contribution < 1.29 is 18.8 Å². The first-order chi connectivity index (χ1) is 17.4. The summed E-state index contributed by atoms with van der Waals surface area (Å²) in [5.41, 5.74) is 4.83. The van der Waals surface area contributed by atoms with Gasteiger partial charge in [0.25, 0.3) is 0 Å². The van der Waals surface area contributed by atoms with E-state index in [1.165, 1.54) is 0 Å². The highest BCUT2D eigenvalue weighted by Gasteiger charge is 2.30. The van der Waals surface area contributed by atoms with Gasteiger partial charge in [-0.25, -0.2) is 9.37 Å². The molecule has 2 heterocycles. The van der Waals surface area contributed by atoms with Gasteiger partial charge >= 0.3 is 11.8 Å². The number of hydrogen-bond donors (Lipinski definition) is 1. The summed E-state index contributed by atoms with van der Waals surface area (Å²) >= 11 is 0. The highest BCUT2D eigenvalue weighted by molar-refractivity contribution is 5.98. The molecule has 1 aliphatic rings. The van der Waals surface area contributed by atoms with Crippen molar-refractivity contribution >= 4 is 35.2 Å². The van der Waals surface area contributed by atoms with Crippen LogP contribution in [0.2, 0.25) is 0 Å². The maximum absolute atomic E-state index is 13.0. The van der Waals surface area contributed by atoms with E-state index in [4.69, 9.17) is 14.6 Å². The van der Waals surface area contributed by atoms with E-state index in [0.717, 1.165) is 50.6 Å². The van der Waals surface area contributed by atoms with Gasteiger partial charge in [0, 0.05) is 17.3 Å². The fraction of sp³-hybridized carbons (Fsp3) is 0.250. The van der Waals surface area contributed by atoms with Crippen molar-refractivity contribution in [2.24, 2.45) is 7.05 Å². The fourth-order valence-corrected chi connectivity index (χ4v) is 4.74. The van der Waals surface area contributed by atoms with Crippen LogP contribution >= 0.6 is 0 Å². The molecular formula is C28H30N5O3+. The number of nitrogens with zero attached hydrogens (tertiary/aromatic N) is 4. The number of urea groups is 1. The summed E-state index contributed by atoms with van der Waals surface area (Å²) < 4.78 is 14.6. The van der Waals surface area contributed by atoms with Crippen LogP contribution in [0.5, 0.6) is 11.5 Å². The quantitative estimate of drug-likeness (QED) is 0.288. The summed E-state index contributed by atoms with van der Waals surface area (Å²) in [4.78, 5) is 14.8. The Morgan fingerprint density at radius 1 is 1.11 bits per heavy atom. The van der Waals surface area contributed by atoms with Crippen molar-refractivity contribution in [2.45, 2.75) is 26.1 Å². The van der Waals surface area contributed by atoms with Gasteiger partial charge in [-0.15, -0.1) is 0 Å². The Balaban J connectivity index is 1.48. The number of nitrogens with one attached hydrogen (secondary N) is 1. The summed E-state index contributed by atoms with van der Waals surface area (Å²) in [5.74, 6) is 2.22. The van der Waals surface area contributed by atoms with Crippen molar-refractivity contribution in [3.63, 3.8) is 0 Å². The van der Waals surface area contributed by atoms with Crippen molar-refractivity contribution in [1.29, 1.82) is 0 Å². The predicted octanol–water partition coefficient (Wildman–Crippen LogP) is 5.24. The van der Waals surface area contributed by atoms with E-state index >= 15 is 0 Å². The number of fused-ring (bicyclic) bond motifs is 2. The minimum absolute atomic E-state index is 0.0599. The number of ether oxygens (including phenoxy) is 2. The normalized spacial score (nSPS) is 13.8. The number of aromatic nitrogens is 2. The van der Waals surface area contributed by atoms with Gasteiger partial charge in [0.05, 0.1) is 56.6 Å². The van der Waals surface area contributed by atoms with E-state index in [1.807, 2.05) is 82.7 Å². The van der Waals surface area contributed by atoms with E-state index in [2.05, 4.69) is 18.1 Å². The summed E-state index contributed by atoms with van der Waals surface area (Å²) in [6.45, 7) is 7.34. The first kappa shape index (κ1) is 23.4. The zero-order chi connectivity index (χ0) is 25.4. The van der Waals surface area contributed by atoms with Crippen molar-refractivity contribution in [3.05, 3.63) is 77.4 Å². The molecule has 2 amide bonds. The third-order valence-electron chi connectivity index (χ3n) is 6.80. The Morgan fingerprint density at radius 3 is 2.61 bits per heavy atom. The summed E-state index contributed by atoms with van der Waals surface area (Å²) in [6.07, 6.45) is 0. The van der Waals surface area contributed by atoms with Crippen LogP contribution in [0.15, 0.2) is 60.7 Å². The third-order valence-corrected chi connectivity index (χ3v) is 6.80. The summed E-state index contributed by atoms with van der Waals surface area (Å²) in [6, 6.07) is 19.7. The Bertz CT molecular complexity index is 1460. The molecule has 0 bridgehead atoms. The number of carbonyl (C=O) groups excluding carboxylic acids is 1. The van der Waals surface area contributed by atoms with Crippen LogP contribution in [0.25, 0.3) is 10.9 Å². The molecule has 8 heteroatoms. The van der Waals surface area contributed by atoms with Crippen molar-refractivity contribution in [1.82, 2.24) is 14.7 Å². The molecule has 0 spiro atoms. The van der Waals surface area contributed by atoms with Crippen LogP contribution in [0.3, 0.4) is 0 Å². The lowest BCUT2D eigenvalue weighted by molar-refractivity contribution is -0.451. The second-order valence-corrected chi connectivity index (χ2v) is 8.99. The van der Waals surface area contributed by atoms with Gasteiger partial charge in [0.2, 0.25) is 0 Å². The molecule has 36 heavy (non-hydrogen) atoms. The molecule has 5 rings (SSSR count). The van der Waals surface area contributed by atoms with Gasteiger partial charge in [-0.05, 0) is 42.3 Å². The molecule has 1 N–H and O–H groups in total. The molecule has 184 valence electrons. The number of benzene rings is 3. The molecule has 1 aliphatic heterocycles. The molecule has 1 aromatic heterocycles. The molecule has 1 atom stereocenters. The Labute approximate surface area is 210 Å². The molecule has 0 fully saturated rings. The molecule has 1 unspecified atom stereocenters. The highest BCUT2D eigenvalue weighted by Crippen LogP contribution is 2.36. The van der Waals surface area contributed by atoms with Gasteiger partial charge in [-0.3, -0.25) is 0 Å². The molecule has 4 aromatic rings. The minimum atomic E-state index is -0.106. The van der Waals surface area contributed by atoms with Crippen LogP contribution in [0, 0.1) is 0 Å². The number of amides is 2. The standard InChI is InChI=1S/C28H29N5O3/c1-18(19-9-7-6-8-10-19)33-17-21-13-23-25(15-24(21)29-28(33)34)32(3)30-27(23)31(2)16-20-11-12-22(35-4)14-26(20)36-5/h6-15,18H,2,16-17H2,1,3-5H3/p+1. The molecule has 0 aliphatic carbocycles. The number of aryl methyl sites for hydroxylation is 1. The largest absolute Gasteiger partial charge is 0.497 e. The maximum Gasteiger partial charge on any atom is 0.357 e. The first-order valence-electron chi connectivity index (χ1n) is 11.8. The predicted molar refractivity (Wildman–Crippen MR) is 140 cm³/mol. The van der Waals surface area contributed by atoms with E-state index < -0.39 is 0 Å². The molecule has 0 saturated carbocycles. The maximum atomic E-state index is 13.0. The Kier molecular flexibility index (Phi) is 6.10. The summed E-state index contributed by atoms with van der Waals surface area (Å²) in [7, 11) is 5.17. The second kappa shape index (κ2) is 9.37. The SMILES string of the molecule is C=[N+](Cc1ccc(OC)cc1OC)c1nn(C)c2cc3c(cc12)CN(C(C)c1ccccc1)C(=O)N3. The van der Waals surface area contributed by atoms with E-state index in [-0.39, 0.29) is 12.1 Å². The van der Waals surface area contributed by atoms with Crippen LogP contribution in [0.4, 0.5) is 16.3 Å². The number of rotatable bonds is 7. The lowest BCUT2D eigenvalue weighted by Crippen LogP contribution is -2.40. The molecule has 0 radical (unpaired) electrons. The van der Waals surface area contributed by atoms with E-state index in [9.17, 15) is 4.79 Å². The van der Waals surface area contributed by atoms with Gasteiger partial charge in [-0.2, -0.15) is 4.68 Å². The second-order valence-electron chi connectivity index (χ2n) is 8.99. The smallest absolute Gasteiger partial charge is 0.357 e. The zero-order valence-corrected chi connectivity index (χ0v) is 21.0. The van der Waals surface area contributed by atoms with Gasteiger partial charge in [0.15, 0.2) is 0 Å². The average Bonchev–Trinajstić information content (AvgIpc) is 3.22. The topological polar surface area (TPSA) is 71.6 Å². The number of carbonyl (C=O) groups is 1.